The standard InChI is InChI=1S/C23H21ClO2/c1-2-26-23(25)16-19(13-10-17-11-14-20(24)15-12-17)22-9-5-7-18-6-3-4-8-21(18)22/h3-9,11-12,14-16H,2,10,13H2,1H3. The van der Waals surface area contributed by atoms with Crippen molar-refractivity contribution in [3.63, 3.8) is 0 Å². The minimum atomic E-state index is -0.299. The molecule has 0 aliphatic heterocycles. The van der Waals surface area contributed by atoms with Crippen molar-refractivity contribution in [2.24, 2.45) is 0 Å². The molecule has 0 bridgehead atoms. The van der Waals surface area contributed by atoms with E-state index in [4.69, 9.17) is 16.3 Å². The number of benzene rings is 3. The number of esters is 1. The molecule has 3 heteroatoms. The molecule has 2 nitrogen and oxygen atoms in total. The molecule has 0 amide bonds. The molecule has 0 aliphatic carbocycles. The van der Waals surface area contributed by atoms with E-state index in [0.29, 0.717) is 6.61 Å². The van der Waals surface area contributed by atoms with Gasteiger partial charge in [0.1, 0.15) is 0 Å². The van der Waals surface area contributed by atoms with Gasteiger partial charge in [-0.05, 0) is 59.4 Å². The first-order chi connectivity index (χ1) is 12.7. The van der Waals surface area contributed by atoms with Crippen LogP contribution in [0.1, 0.15) is 24.5 Å². The van der Waals surface area contributed by atoms with E-state index in [9.17, 15) is 4.79 Å². The summed E-state index contributed by atoms with van der Waals surface area (Å²) in [6, 6.07) is 22.2. The molecule has 0 radical (unpaired) electrons. The highest BCUT2D eigenvalue weighted by molar-refractivity contribution is 6.30. The Hall–Kier alpha value is -2.58. The number of allylic oxidation sites excluding steroid dienone is 1. The van der Waals surface area contributed by atoms with Crippen molar-refractivity contribution in [2.45, 2.75) is 19.8 Å². The van der Waals surface area contributed by atoms with Gasteiger partial charge >= 0.3 is 5.97 Å². The maximum atomic E-state index is 12.1. The predicted molar refractivity (Wildman–Crippen MR) is 108 cm³/mol. The summed E-state index contributed by atoms with van der Waals surface area (Å²) in [6.45, 7) is 2.19. The number of rotatable bonds is 6. The molecule has 3 aromatic carbocycles. The average Bonchev–Trinajstić information content (AvgIpc) is 2.66. The van der Waals surface area contributed by atoms with Crippen LogP contribution in [0.15, 0.2) is 72.8 Å². The fourth-order valence-corrected chi connectivity index (χ4v) is 3.17. The summed E-state index contributed by atoms with van der Waals surface area (Å²) in [7, 11) is 0. The van der Waals surface area contributed by atoms with Crippen LogP contribution in [-0.2, 0) is 16.0 Å². The van der Waals surface area contributed by atoms with Gasteiger partial charge in [0.2, 0.25) is 0 Å². The van der Waals surface area contributed by atoms with E-state index in [1.807, 2.05) is 49.4 Å². The Morgan fingerprint density at radius 3 is 2.50 bits per heavy atom. The molecule has 0 N–H and O–H groups in total. The third-order valence-corrected chi connectivity index (χ3v) is 4.56. The molecule has 0 fully saturated rings. The zero-order valence-corrected chi connectivity index (χ0v) is 15.5. The van der Waals surface area contributed by atoms with E-state index >= 15 is 0 Å². The number of hydrogen-bond acceptors (Lipinski definition) is 2. The zero-order chi connectivity index (χ0) is 18.4. The highest BCUT2D eigenvalue weighted by Gasteiger charge is 2.10. The topological polar surface area (TPSA) is 26.3 Å². The maximum Gasteiger partial charge on any atom is 0.331 e. The van der Waals surface area contributed by atoms with Gasteiger partial charge in [-0.25, -0.2) is 4.79 Å². The van der Waals surface area contributed by atoms with Gasteiger partial charge in [-0.1, -0.05) is 66.2 Å². The van der Waals surface area contributed by atoms with Crippen molar-refractivity contribution < 1.29 is 9.53 Å². The number of carbonyl (C=O) groups is 1. The summed E-state index contributed by atoms with van der Waals surface area (Å²) in [5, 5.41) is 3.03. The Morgan fingerprint density at radius 2 is 1.73 bits per heavy atom. The number of aryl methyl sites for hydroxylation is 1. The Morgan fingerprint density at radius 1 is 1.00 bits per heavy atom. The van der Waals surface area contributed by atoms with Gasteiger partial charge in [-0.3, -0.25) is 0 Å². The highest BCUT2D eigenvalue weighted by Crippen LogP contribution is 2.28. The van der Waals surface area contributed by atoms with Crippen LogP contribution in [-0.4, -0.2) is 12.6 Å². The zero-order valence-electron chi connectivity index (χ0n) is 14.7. The van der Waals surface area contributed by atoms with E-state index in [1.165, 1.54) is 5.56 Å². The largest absolute Gasteiger partial charge is 0.463 e. The molecule has 132 valence electrons. The van der Waals surface area contributed by atoms with Gasteiger partial charge in [-0.15, -0.1) is 0 Å². The number of hydrogen-bond donors (Lipinski definition) is 0. The molecule has 26 heavy (non-hydrogen) atoms. The average molecular weight is 365 g/mol. The summed E-state index contributed by atoms with van der Waals surface area (Å²) < 4.78 is 5.14. The van der Waals surface area contributed by atoms with Crippen LogP contribution in [0.2, 0.25) is 5.02 Å². The molecule has 0 unspecified atom stereocenters. The van der Waals surface area contributed by atoms with Crippen molar-refractivity contribution in [2.75, 3.05) is 6.61 Å². The van der Waals surface area contributed by atoms with E-state index in [1.54, 1.807) is 6.08 Å². The van der Waals surface area contributed by atoms with Gasteiger partial charge in [0, 0.05) is 11.1 Å². The van der Waals surface area contributed by atoms with E-state index in [2.05, 4.69) is 24.3 Å². The summed E-state index contributed by atoms with van der Waals surface area (Å²) in [6.07, 6.45) is 3.20. The van der Waals surface area contributed by atoms with Crippen molar-refractivity contribution in [1.29, 1.82) is 0 Å². The summed E-state index contributed by atoms with van der Waals surface area (Å²) in [5.41, 5.74) is 3.24. The first-order valence-electron chi connectivity index (χ1n) is 8.77. The van der Waals surface area contributed by atoms with Crippen LogP contribution in [0, 0.1) is 0 Å². The van der Waals surface area contributed by atoms with Gasteiger partial charge in [0.05, 0.1) is 6.61 Å². The molecule has 0 spiro atoms. The molecule has 0 aliphatic rings. The van der Waals surface area contributed by atoms with Crippen LogP contribution in [0.3, 0.4) is 0 Å². The minimum Gasteiger partial charge on any atom is -0.463 e. The smallest absolute Gasteiger partial charge is 0.331 e. The maximum absolute atomic E-state index is 12.1. The monoisotopic (exact) mass is 364 g/mol. The second-order valence-corrected chi connectivity index (χ2v) is 6.51. The number of ether oxygens (including phenoxy) is 1. The molecular weight excluding hydrogens is 344 g/mol. The molecule has 3 aromatic rings. The fraction of sp³-hybridized carbons (Fsp3) is 0.174. The minimum absolute atomic E-state index is 0.299. The normalized spacial score (nSPS) is 11.5. The third kappa shape index (κ3) is 4.53. The SMILES string of the molecule is CCOC(=O)C=C(CCc1ccc(Cl)cc1)c1cccc2ccccc12. The lowest BCUT2D eigenvalue weighted by molar-refractivity contribution is -0.137. The van der Waals surface area contributed by atoms with Crippen LogP contribution >= 0.6 is 11.6 Å². The Bertz CT molecular complexity index is 921. The Balaban J connectivity index is 1.94. The first kappa shape index (κ1) is 18.2. The molecule has 3 rings (SSSR count). The van der Waals surface area contributed by atoms with Crippen LogP contribution in [0.4, 0.5) is 0 Å². The molecule has 0 heterocycles. The number of fused-ring (bicyclic) bond motifs is 1. The second-order valence-electron chi connectivity index (χ2n) is 6.07. The van der Waals surface area contributed by atoms with Crippen LogP contribution < -0.4 is 0 Å². The lowest BCUT2D eigenvalue weighted by Crippen LogP contribution is -2.02. The molecule has 0 saturated carbocycles. The highest BCUT2D eigenvalue weighted by atomic mass is 35.5. The summed E-state index contributed by atoms with van der Waals surface area (Å²) in [4.78, 5) is 12.1. The van der Waals surface area contributed by atoms with Gasteiger partial charge in [-0.2, -0.15) is 0 Å². The van der Waals surface area contributed by atoms with Crippen molar-refractivity contribution >= 4 is 33.9 Å². The summed E-state index contributed by atoms with van der Waals surface area (Å²) >= 11 is 5.97. The fourth-order valence-electron chi connectivity index (χ4n) is 3.05. The predicted octanol–water partition coefficient (Wildman–Crippen LogP) is 6.07. The van der Waals surface area contributed by atoms with E-state index in [0.717, 1.165) is 39.8 Å². The number of carbonyl (C=O) groups excluding carboxylic acids is 1. The molecule has 0 aromatic heterocycles. The molecular formula is C23H21ClO2. The molecule has 0 saturated heterocycles. The second kappa shape index (κ2) is 8.68. The quantitative estimate of drug-likeness (QED) is 0.391. The molecule has 0 atom stereocenters. The van der Waals surface area contributed by atoms with Crippen LogP contribution in [0.5, 0.6) is 0 Å². The lowest BCUT2D eigenvalue weighted by Gasteiger charge is -2.12. The van der Waals surface area contributed by atoms with Gasteiger partial charge < -0.3 is 4.74 Å². The van der Waals surface area contributed by atoms with Crippen molar-refractivity contribution in [3.05, 3.63) is 89.0 Å². The van der Waals surface area contributed by atoms with E-state index < -0.39 is 0 Å². The van der Waals surface area contributed by atoms with Crippen molar-refractivity contribution in [1.82, 2.24) is 0 Å². The third-order valence-electron chi connectivity index (χ3n) is 4.31. The Labute approximate surface area is 159 Å². The van der Waals surface area contributed by atoms with Crippen molar-refractivity contribution in [3.8, 4) is 0 Å². The first-order valence-corrected chi connectivity index (χ1v) is 9.15. The van der Waals surface area contributed by atoms with Crippen LogP contribution in [0.25, 0.3) is 16.3 Å². The van der Waals surface area contributed by atoms with Gasteiger partial charge in [0.25, 0.3) is 0 Å². The number of halogens is 1. The van der Waals surface area contributed by atoms with E-state index in [-0.39, 0.29) is 5.97 Å². The Kier molecular flexibility index (Phi) is 6.08. The van der Waals surface area contributed by atoms with Gasteiger partial charge in [0.15, 0.2) is 0 Å². The lowest BCUT2D eigenvalue weighted by atomic mass is 9.93. The summed E-state index contributed by atoms with van der Waals surface area (Å²) in [5.74, 6) is -0.299.